The van der Waals surface area contributed by atoms with Gasteiger partial charge in [0.1, 0.15) is 0 Å². The van der Waals surface area contributed by atoms with E-state index in [1.54, 1.807) is 18.2 Å². The Morgan fingerprint density at radius 3 is 2.28 bits per heavy atom. The third-order valence-electron chi connectivity index (χ3n) is 4.12. The fourth-order valence-electron chi connectivity index (χ4n) is 2.54. The summed E-state index contributed by atoms with van der Waals surface area (Å²) in [6.45, 7) is 6.21. The molecule has 0 aliphatic heterocycles. The van der Waals surface area contributed by atoms with Crippen molar-refractivity contribution in [2.24, 2.45) is 0 Å². The molecule has 5 heteroatoms. The molecule has 0 aliphatic rings. The molecule has 0 spiro atoms. The fourth-order valence-corrected chi connectivity index (χ4v) is 2.54. The van der Waals surface area contributed by atoms with Gasteiger partial charge in [0.25, 0.3) is 5.91 Å². The Labute approximate surface area is 214 Å². The molecule has 3 aromatic carbocycles. The van der Waals surface area contributed by atoms with Crippen LogP contribution in [0, 0.1) is 12.3 Å². The molecule has 142 valence electrons. The van der Waals surface area contributed by atoms with Gasteiger partial charge in [0.15, 0.2) is 0 Å². The number of aromatic nitrogens is 1. The van der Waals surface area contributed by atoms with Crippen molar-refractivity contribution < 1.29 is 60.7 Å². The topological polar surface area (TPSA) is 55.1 Å². The molecule has 29 heavy (non-hydrogen) atoms. The number of nitrogens with zero attached hydrogens (tertiary/aromatic N) is 1. The van der Waals surface area contributed by atoms with Crippen molar-refractivity contribution in [1.82, 2.24) is 5.16 Å². The molecule has 4 nitrogen and oxygen atoms in total. The normalized spacial score (nSPS) is 10.4. The summed E-state index contributed by atoms with van der Waals surface area (Å²) >= 11 is 0. The van der Waals surface area contributed by atoms with E-state index in [1.165, 1.54) is 0 Å². The van der Waals surface area contributed by atoms with Crippen LogP contribution in [-0.2, 0) is 5.41 Å². The second kappa shape index (κ2) is 10.9. The number of fused-ring (bicyclic) bond motifs is 1. The van der Waals surface area contributed by atoms with E-state index in [4.69, 9.17) is 4.52 Å². The van der Waals surface area contributed by atoms with Gasteiger partial charge in [-0.25, -0.2) is 5.16 Å². The number of carbonyl (C=O) groups excluding carboxylic acids is 1. The molecule has 0 aliphatic carbocycles. The number of anilines is 1. The van der Waals surface area contributed by atoms with Crippen LogP contribution in [0.3, 0.4) is 0 Å². The van der Waals surface area contributed by atoms with Crippen LogP contribution in [0.2, 0.25) is 0 Å². The van der Waals surface area contributed by atoms with E-state index in [1.807, 2.05) is 54.6 Å². The maximum Gasteiger partial charge on any atom is 1.00 e. The number of hydrogen-bond acceptors (Lipinski definition) is 3. The average Bonchev–Trinajstić information content (AvgIpc) is 3.24. The standard InChI is InChI=1S/C17H12NO.C7H10NO.K/c19-17(18-16-8-2-1-3-9-16)15-11-10-13-6-4-5-7-14(13)12-15;1-7(2,3)6-4-5-8-9-6;/h2-12H,(H,18,19);4H,1-3H3;/q2*-1;+1. The number of carbonyl (C=O) groups is 1. The summed E-state index contributed by atoms with van der Waals surface area (Å²) in [6, 6.07) is 25.6. The Balaban J connectivity index is 0.000000255. The van der Waals surface area contributed by atoms with Gasteiger partial charge in [-0.3, -0.25) is 4.79 Å². The Kier molecular flexibility index (Phi) is 8.80. The van der Waals surface area contributed by atoms with Crippen LogP contribution >= 0.6 is 0 Å². The van der Waals surface area contributed by atoms with Crippen molar-refractivity contribution in [2.75, 3.05) is 5.32 Å². The quantitative estimate of drug-likeness (QED) is 0.409. The van der Waals surface area contributed by atoms with Crippen LogP contribution in [0.15, 0.2) is 77.3 Å². The van der Waals surface area contributed by atoms with Crippen LogP contribution in [0.4, 0.5) is 5.69 Å². The number of hydrogen-bond donors (Lipinski definition) is 1. The molecule has 4 rings (SSSR count). The molecule has 1 aromatic heterocycles. The Morgan fingerprint density at radius 2 is 1.69 bits per heavy atom. The zero-order valence-electron chi connectivity index (χ0n) is 17.2. The molecular formula is C24H22KN2O2-. The van der Waals surface area contributed by atoms with Gasteiger partial charge in [-0.05, 0) is 34.1 Å². The summed E-state index contributed by atoms with van der Waals surface area (Å²) in [5.41, 5.74) is 1.50. The van der Waals surface area contributed by atoms with E-state index in [0.717, 1.165) is 22.2 Å². The Morgan fingerprint density at radius 1 is 1.00 bits per heavy atom. The Hall–Kier alpha value is -1.76. The number of nitrogens with one attached hydrogen (secondary N) is 1. The minimum atomic E-state index is -0.100. The molecule has 0 radical (unpaired) electrons. The van der Waals surface area contributed by atoms with E-state index in [2.05, 4.69) is 43.5 Å². The first-order chi connectivity index (χ1) is 13.4. The summed E-state index contributed by atoms with van der Waals surface area (Å²) in [7, 11) is 0. The first kappa shape index (κ1) is 23.5. The van der Waals surface area contributed by atoms with Gasteiger partial charge in [0.05, 0.1) is 0 Å². The zero-order chi connectivity index (χ0) is 20.0. The number of rotatable bonds is 2. The average molecular weight is 410 g/mol. The van der Waals surface area contributed by atoms with Gasteiger partial charge in [-0.2, -0.15) is 24.3 Å². The largest absolute Gasteiger partial charge is 1.00 e. The van der Waals surface area contributed by atoms with Crippen molar-refractivity contribution in [1.29, 1.82) is 0 Å². The first-order valence-corrected chi connectivity index (χ1v) is 9.03. The molecule has 4 aromatic rings. The van der Waals surface area contributed by atoms with Gasteiger partial charge < -0.3 is 9.84 Å². The molecular weight excluding hydrogens is 387 g/mol. The third kappa shape index (κ3) is 6.91. The van der Waals surface area contributed by atoms with E-state index in [0.29, 0.717) is 5.56 Å². The van der Waals surface area contributed by atoms with Crippen LogP contribution in [0.1, 0.15) is 36.9 Å². The van der Waals surface area contributed by atoms with Crippen LogP contribution < -0.4 is 56.7 Å². The van der Waals surface area contributed by atoms with Gasteiger partial charge >= 0.3 is 51.4 Å². The molecule has 1 amide bonds. The van der Waals surface area contributed by atoms with Crippen LogP contribution in [-0.4, -0.2) is 11.1 Å². The number of benzene rings is 3. The molecule has 0 atom stereocenters. The van der Waals surface area contributed by atoms with E-state index in [-0.39, 0.29) is 62.7 Å². The summed E-state index contributed by atoms with van der Waals surface area (Å²) in [6.07, 6.45) is 2.62. The maximum absolute atomic E-state index is 12.1. The molecule has 0 unspecified atom stereocenters. The minimum Gasteiger partial charge on any atom is -0.470 e. The molecule has 0 saturated carbocycles. The molecule has 0 fully saturated rings. The maximum atomic E-state index is 12.1. The Bertz CT molecular complexity index is 1040. The summed E-state index contributed by atoms with van der Waals surface area (Å²) < 4.78 is 4.89. The van der Waals surface area contributed by atoms with E-state index < -0.39 is 0 Å². The monoisotopic (exact) mass is 409 g/mol. The SMILES string of the molecule is CC(C)(C)c1c[c-]no1.O=C(Nc1cc[c-]cc1)c1ccc2ccccc2c1.[K+]. The van der Waals surface area contributed by atoms with Crippen LogP contribution in [0.25, 0.3) is 10.8 Å². The van der Waals surface area contributed by atoms with Crippen LogP contribution in [0.5, 0.6) is 0 Å². The van der Waals surface area contributed by atoms with Gasteiger partial charge in [0.2, 0.25) is 0 Å². The van der Waals surface area contributed by atoms with E-state index >= 15 is 0 Å². The molecule has 0 bridgehead atoms. The summed E-state index contributed by atoms with van der Waals surface area (Å²) in [5.74, 6) is 0.777. The summed E-state index contributed by atoms with van der Waals surface area (Å²) in [4.78, 5) is 12.1. The second-order valence-electron chi connectivity index (χ2n) is 7.37. The van der Waals surface area contributed by atoms with Crippen molar-refractivity contribution in [3.05, 3.63) is 96.4 Å². The van der Waals surface area contributed by atoms with E-state index in [9.17, 15) is 4.79 Å². The fraction of sp³-hybridized carbons (Fsp3) is 0.167. The predicted molar refractivity (Wildman–Crippen MR) is 111 cm³/mol. The molecule has 0 saturated heterocycles. The zero-order valence-corrected chi connectivity index (χ0v) is 20.3. The van der Waals surface area contributed by atoms with Gasteiger partial charge in [-0.1, -0.05) is 56.8 Å². The summed E-state index contributed by atoms with van der Waals surface area (Å²) in [5, 5.41) is 8.55. The van der Waals surface area contributed by atoms with Crippen molar-refractivity contribution in [3.63, 3.8) is 0 Å². The predicted octanol–water partition coefficient (Wildman–Crippen LogP) is 2.67. The van der Waals surface area contributed by atoms with Crippen molar-refractivity contribution in [3.8, 4) is 0 Å². The third-order valence-corrected chi connectivity index (χ3v) is 4.12. The number of amides is 1. The minimum absolute atomic E-state index is 0. The van der Waals surface area contributed by atoms with Crippen molar-refractivity contribution in [2.45, 2.75) is 26.2 Å². The smallest absolute Gasteiger partial charge is 0.470 e. The molecule has 1 heterocycles. The van der Waals surface area contributed by atoms with Crippen molar-refractivity contribution >= 4 is 22.4 Å². The van der Waals surface area contributed by atoms with Gasteiger partial charge in [-0.15, -0.1) is 18.3 Å². The second-order valence-corrected chi connectivity index (χ2v) is 7.37. The van der Waals surface area contributed by atoms with Gasteiger partial charge in [0, 0.05) is 5.56 Å². The first-order valence-electron chi connectivity index (χ1n) is 9.03. The molecule has 1 N–H and O–H groups in total.